The van der Waals surface area contributed by atoms with Crippen LogP contribution in [0.3, 0.4) is 0 Å². The Labute approximate surface area is 114 Å². The third-order valence-corrected chi connectivity index (χ3v) is 2.69. The predicted molar refractivity (Wildman–Crippen MR) is 70.9 cm³/mol. The largest absolute Gasteiger partial charge is 0.405 e. The number of benzene rings is 2. The molecular formula is C15H12F3NO. The second kappa shape index (κ2) is 5.77. The minimum Gasteiger partial charge on any atom is -0.376 e. The van der Waals surface area contributed by atoms with E-state index in [-0.39, 0.29) is 17.0 Å². The third kappa shape index (κ3) is 3.60. The van der Waals surface area contributed by atoms with Gasteiger partial charge in [0, 0.05) is 16.8 Å². The molecule has 0 amide bonds. The molecule has 104 valence electrons. The van der Waals surface area contributed by atoms with Gasteiger partial charge in [-0.1, -0.05) is 42.5 Å². The average Bonchev–Trinajstić information content (AvgIpc) is 2.45. The molecular weight excluding hydrogens is 267 g/mol. The maximum Gasteiger partial charge on any atom is 0.405 e. The van der Waals surface area contributed by atoms with E-state index in [1.165, 1.54) is 12.1 Å². The number of alkyl halides is 3. The van der Waals surface area contributed by atoms with Crippen molar-refractivity contribution in [2.45, 2.75) is 6.18 Å². The Morgan fingerprint density at radius 1 is 0.950 bits per heavy atom. The zero-order valence-corrected chi connectivity index (χ0v) is 10.4. The SMILES string of the molecule is O=C(c1ccccc1)c1ccccc1NCC(F)(F)F. The van der Waals surface area contributed by atoms with Gasteiger partial charge in [-0.15, -0.1) is 0 Å². The first-order valence-corrected chi connectivity index (χ1v) is 5.97. The molecule has 0 atom stereocenters. The van der Waals surface area contributed by atoms with Crippen LogP contribution in [-0.4, -0.2) is 18.5 Å². The first-order chi connectivity index (χ1) is 9.47. The highest BCUT2D eigenvalue weighted by Gasteiger charge is 2.27. The second-order valence-corrected chi connectivity index (χ2v) is 4.21. The number of ketones is 1. The molecule has 0 spiro atoms. The Hall–Kier alpha value is -2.30. The summed E-state index contributed by atoms with van der Waals surface area (Å²) in [7, 11) is 0. The number of para-hydroxylation sites is 1. The zero-order chi connectivity index (χ0) is 14.6. The lowest BCUT2D eigenvalue weighted by atomic mass is 10.0. The van der Waals surface area contributed by atoms with Crippen molar-refractivity contribution in [1.82, 2.24) is 0 Å². The van der Waals surface area contributed by atoms with Crippen molar-refractivity contribution in [3.63, 3.8) is 0 Å². The van der Waals surface area contributed by atoms with Crippen molar-refractivity contribution in [3.8, 4) is 0 Å². The molecule has 0 fully saturated rings. The molecule has 0 aliphatic rings. The highest BCUT2D eigenvalue weighted by atomic mass is 19.4. The quantitative estimate of drug-likeness (QED) is 0.860. The van der Waals surface area contributed by atoms with Gasteiger partial charge in [-0.3, -0.25) is 4.79 Å². The van der Waals surface area contributed by atoms with Crippen LogP contribution in [0.5, 0.6) is 0 Å². The number of nitrogens with one attached hydrogen (secondary N) is 1. The van der Waals surface area contributed by atoms with Crippen LogP contribution in [-0.2, 0) is 0 Å². The molecule has 0 aliphatic heterocycles. The molecule has 2 nitrogen and oxygen atoms in total. The van der Waals surface area contributed by atoms with E-state index in [9.17, 15) is 18.0 Å². The fraction of sp³-hybridized carbons (Fsp3) is 0.133. The summed E-state index contributed by atoms with van der Waals surface area (Å²) >= 11 is 0. The van der Waals surface area contributed by atoms with Gasteiger partial charge in [0.25, 0.3) is 0 Å². The van der Waals surface area contributed by atoms with Crippen LogP contribution in [0.25, 0.3) is 0 Å². The molecule has 1 N–H and O–H groups in total. The molecule has 2 aromatic rings. The maximum absolute atomic E-state index is 12.3. The van der Waals surface area contributed by atoms with Crippen LogP contribution in [0.1, 0.15) is 15.9 Å². The maximum atomic E-state index is 12.3. The second-order valence-electron chi connectivity index (χ2n) is 4.21. The minimum atomic E-state index is -4.33. The molecule has 0 unspecified atom stereocenters. The number of anilines is 1. The number of halogens is 3. The average molecular weight is 279 g/mol. The van der Waals surface area contributed by atoms with Crippen LogP contribution in [0.4, 0.5) is 18.9 Å². The summed E-state index contributed by atoms with van der Waals surface area (Å²) in [6.45, 7) is -1.17. The molecule has 0 aliphatic carbocycles. The minimum absolute atomic E-state index is 0.179. The van der Waals surface area contributed by atoms with Crippen LogP contribution in [0, 0.1) is 0 Å². The number of carbonyl (C=O) groups is 1. The Bertz CT molecular complexity index is 594. The normalized spacial score (nSPS) is 11.2. The van der Waals surface area contributed by atoms with Gasteiger partial charge in [0.05, 0.1) is 0 Å². The van der Waals surface area contributed by atoms with Crippen LogP contribution in [0.2, 0.25) is 0 Å². The third-order valence-electron chi connectivity index (χ3n) is 2.69. The van der Waals surface area contributed by atoms with Crippen molar-refractivity contribution in [2.75, 3.05) is 11.9 Å². The van der Waals surface area contributed by atoms with Gasteiger partial charge < -0.3 is 5.32 Å². The smallest absolute Gasteiger partial charge is 0.376 e. The summed E-state index contributed by atoms with van der Waals surface area (Å²) in [6.07, 6.45) is -4.33. The standard InChI is InChI=1S/C15H12F3NO/c16-15(17,18)10-19-13-9-5-4-8-12(13)14(20)11-6-2-1-3-7-11/h1-9,19H,10H2. The monoisotopic (exact) mass is 279 g/mol. The molecule has 5 heteroatoms. The first-order valence-electron chi connectivity index (χ1n) is 5.97. The van der Waals surface area contributed by atoms with Gasteiger partial charge in [0.15, 0.2) is 5.78 Å². The molecule has 0 radical (unpaired) electrons. The Balaban J connectivity index is 2.26. The summed E-state index contributed by atoms with van der Waals surface area (Å²) in [5, 5.41) is 2.26. The van der Waals surface area contributed by atoms with E-state index in [4.69, 9.17) is 0 Å². The zero-order valence-electron chi connectivity index (χ0n) is 10.4. The molecule has 0 aromatic heterocycles. The van der Waals surface area contributed by atoms with Crippen molar-refractivity contribution in [2.24, 2.45) is 0 Å². The van der Waals surface area contributed by atoms with E-state index in [1.54, 1.807) is 42.5 Å². The summed E-state index contributed by atoms with van der Waals surface area (Å²) < 4.78 is 36.7. The van der Waals surface area contributed by atoms with Gasteiger partial charge >= 0.3 is 6.18 Å². The summed E-state index contributed by atoms with van der Waals surface area (Å²) in [5.74, 6) is -0.309. The van der Waals surface area contributed by atoms with Crippen molar-refractivity contribution in [3.05, 3.63) is 65.7 Å². The highest BCUT2D eigenvalue weighted by Crippen LogP contribution is 2.22. The summed E-state index contributed by atoms with van der Waals surface area (Å²) in [4.78, 5) is 12.3. The van der Waals surface area contributed by atoms with Crippen LogP contribution >= 0.6 is 0 Å². The Kier molecular flexibility index (Phi) is 4.08. The highest BCUT2D eigenvalue weighted by molar-refractivity contribution is 6.12. The van der Waals surface area contributed by atoms with E-state index in [2.05, 4.69) is 5.32 Å². The van der Waals surface area contributed by atoms with Crippen LogP contribution < -0.4 is 5.32 Å². The number of rotatable bonds is 4. The van der Waals surface area contributed by atoms with Gasteiger partial charge in [-0.05, 0) is 12.1 Å². The van der Waals surface area contributed by atoms with E-state index in [1.807, 2.05) is 0 Å². The Morgan fingerprint density at radius 3 is 2.20 bits per heavy atom. The molecule has 2 aromatic carbocycles. The van der Waals surface area contributed by atoms with Gasteiger partial charge in [-0.25, -0.2) is 0 Å². The first kappa shape index (κ1) is 14.1. The summed E-state index contributed by atoms with van der Waals surface area (Å²) in [6, 6.07) is 14.6. The number of hydrogen-bond acceptors (Lipinski definition) is 2. The molecule has 20 heavy (non-hydrogen) atoms. The topological polar surface area (TPSA) is 29.1 Å². The molecule has 2 rings (SSSR count). The van der Waals surface area contributed by atoms with Gasteiger partial charge in [-0.2, -0.15) is 13.2 Å². The Morgan fingerprint density at radius 2 is 1.55 bits per heavy atom. The van der Waals surface area contributed by atoms with Crippen molar-refractivity contribution in [1.29, 1.82) is 0 Å². The lowest BCUT2D eigenvalue weighted by Gasteiger charge is -2.13. The lowest BCUT2D eigenvalue weighted by molar-refractivity contribution is -0.115. The molecule has 0 bridgehead atoms. The van der Waals surface area contributed by atoms with Gasteiger partial charge in [0.1, 0.15) is 6.54 Å². The van der Waals surface area contributed by atoms with E-state index < -0.39 is 12.7 Å². The predicted octanol–water partition coefficient (Wildman–Crippen LogP) is 3.89. The van der Waals surface area contributed by atoms with Crippen LogP contribution in [0.15, 0.2) is 54.6 Å². The fourth-order valence-electron chi connectivity index (χ4n) is 1.78. The van der Waals surface area contributed by atoms with E-state index in [0.717, 1.165) is 0 Å². The van der Waals surface area contributed by atoms with Crippen molar-refractivity contribution < 1.29 is 18.0 Å². The fourth-order valence-corrected chi connectivity index (χ4v) is 1.78. The van der Waals surface area contributed by atoms with E-state index in [0.29, 0.717) is 5.56 Å². The molecule has 0 heterocycles. The molecule has 0 saturated carbocycles. The number of hydrogen-bond donors (Lipinski definition) is 1. The number of carbonyl (C=O) groups excluding carboxylic acids is 1. The summed E-state index contributed by atoms with van der Waals surface area (Å²) in [5.41, 5.74) is 0.843. The molecule has 0 saturated heterocycles. The van der Waals surface area contributed by atoms with E-state index >= 15 is 0 Å². The lowest BCUT2D eigenvalue weighted by Crippen LogP contribution is -2.22. The van der Waals surface area contributed by atoms with Crippen molar-refractivity contribution >= 4 is 11.5 Å². The van der Waals surface area contributed by atoms with Gasteiger partial charge in [0.2, 0.25) is 0 Å².